The lowest BCUT2D eigenvalue weighted by Crippen LogP contribution is -2.01. The molecule has 0 aromatic heterocycles. The van der Waals surface area contributed by atoms with Gasteiger partial charge >= 0.3 is 0 Å². The van der Waals surface area contributed by atoms with E-state index in [1.807, 2.05) is 13.8 Å². The first-order chi connectivity index (χ1) is 3.91. The topological polar surface area (TPSA) is 36.8 Å². The highest BCUT2D eigenvalue weighted by Crippen LogP contribution is 1.57. The number of hydrogen-bond donors (Lipinski definition) is 1. The SMILES string of the molecule is CC=N/C=N\NCC. The maximum absolute atomic E-state index is 3.73. The molecule has 0 bridgehead atoms. The molecule has 0 saturated carbocycles. The van der Waals surface area contributed by atoms with Gasteiger partial charge in [-0.25, -0.2) is 4.99 Å². The van der Waals surface area contributed by atoms with E-state index in [0.717, 1.165) is 6.54 Å². The number of hydrogen-bond acceptors (Lipinski definition) is 2. The lowest BCUT2D eigenvalue weighted by Gasteiger charge is -1.85. The fourth-order valence-electron chi connectivity index (χ4n) is 0.232. The van der Waals surface area contributed by atoms with E-state index < -0.39 is 0 Å². The third-order valence-electron chi connectivity index (χ3n) is 0.523. The van der Waals surface area contributed by atoms with Gasteiger partial charge in [0.05, 0.1) is 0 Å². The average molecular weight is 113 g/mol. The summed E-state index contributed by atoms with van der Waals surface area (Å²) in [4.78, 5) is 3.73. The summed E-state index contributed by atoms with van der Waals surface area (Å²) in [6, 6.07) is 0. The summed E-state index contributed by atoms with van der Waals surface area (Å²) in [5.74, 6) is 0. The Hall–Kier alpha value is -0.860. The first-order valence-electron chi connectivity index (χ1n) is 2.64. The van der Waals surface area contributed by atoms with E-state index in [-0.39, 0.29) is 0 Å². The molecule has 0 saturated heterocycles. The lowest BCUT2D eigenvalue weighted by atomic mass is 10.8. The Morgan fingerprint density at radius 3 is 2.88 bits per heavy atom. The van der Waals surface area contributed by atoms with Crippen LogP contribution in [0, 0.1) is 0 Å². The molecule has 0 aromatic carbocycles. The summed E-state index contributed by atoms with van der Waals surface area (Å²) in [5.41, 5.74) is 2.74. The molecule has 0 radical (unpaired) electrons. The van der Waals surface area contributed by atoms with E-state index >= 15 is 0 Å². The molecule has 0 fully saturated rings. The number of nitrogens with one attached hydrogen (secondary N) is 1. The van der Waals surface area contributed by atoms with E-state index in [2.05, 4.69) is 15.5 Å². The van der Waals surface area contributed by atoms with Crippen molar-refractivity contribution < 1.29 is 0 Å². The second kappa shape index (κ2) is 6.14. The minimum Gasteiger partial charge on any atom is -0.309 e. The van der Waals surface area contributed by atoms with Gasteiger partial charge in [-0.2, -0.15) is 5.10 Å². The number of rotatable bonds is 3. The largest absolute Gasteiger partial charge is 0.309 e. The number of nitrogens with zero attached hydrogens (tertiary/aromatic N) is 2. The van der Waals surface area contributed by atoms with Crippen LogP contribution in [0.15, 0.2) is 10.1 Å². The molecule has 0 aliphatic rings. The van der Waals surface area contributed by atoms with Gasteiger partial charge in [-0.05, 0) is 13.8 Å². The number of aliphatic imine (C=N–C) groups is 1. The van der Waals surface area contributed by atoms with Crippen molar-refractivity contribution in [1.82, 2.24) is 5.43 Å². The third-order valence-corrected chi connectivity index (χ3v) is 0.523. The molecule has 0 atom stereocenters. The quantitative estimate of drug-likeness (QED) is 0.325. The van der Waals surface area contributed by atoms with Crippen molar-refractivity contribution in [3.8, 4) is 0 Å². The summed E-state index contributed by atoms with van der Waals surface area (Å²) in [7, 11) is 0. The van der Waals surface area contributed by atoms with E-state index in [0.29, 0.717) is 0 Å². The standard InChI is InChI=1S/C5H11N3/c1-3-6-5-8-7-4-2/h3,5,7H,4H2,1-2H3/b6-3?,8-5-. The van der Waals surface area contributed by atoms with E-state index in [4.69, 9.17) is 0 Å². The highest BCUT2D eigenvalue weighted by atomic mass is 15.3. The smallest absolute Gasteiger partial charge is 0.134 e. The van der Waals surface area contributed by atoms with Crippen LogP contribution in [-0.4, -0.2) is 19.1 Å². The van der Waals surface area contributed by atoms with Crippen LogP contribution < -0.4 is 5.43 Å². The third kappa shape index (κ3) is 5.14. The van der Waals surface area contributed by atoms with Crippen LogP contribution in [0.3, 0.4) is 0 Å². The molecule has 0 heterocycles. The number of hydrazone groups is 1. The van der Waals surface area contributed by atoms with Gasteiger partial charge in [0, 0.05) is 12.8 Å². The average Bonchev–Trinajstić information content (AvgIpc) is 1.81. The van der Waals surface area contributed by atoms with Gasteiger partial charge in [-0.3, -0.25) is 0 Å². The van der Waals surface area contributed by atoms with Crippen molar-refractivity contribution in [2.45, 2.75) is 13.8 Å². The van der Waals surface area contributed by atoms with Crippen molar-refractivity contribution in [3.05, 3.63) is 0 Å². The first kappa shape index (κ1) is 7.14. The van der Waals surface area contributed by atoms with Crippen molar-refractivity contribution >= 4 is 12.6 Å². The highest BCUT2D eigenvalue weighted by Gasteiger charge is 1.62. The van der Waals surface area contributed by atoms with Gasteiger partial charge in [0.2, 0.25) is 0 Å². The van der Waals surface area contributed by atoms with Gasteiger partial charge in [-0.15, -0.1) is 0 Å². The molecular weight excluding hydrogens is 102 g/mol. The van der Waals surface area contributed by atoms with E-state index in [9.17, 15) is 0 Å². The lowest BCUT2D eigenvalue weighted by molar-refractivity contribution is 0.786. The molecule has 1 N–H and O–H groups in total. The Morgan fingerprint density at radius 1 is 1.62 bits per heavy atom. The first-order valence-corrected chi connectivity index (χ1v) is 2.64. The monoisotopic (exact) mass is 113 g/mol. The molecule has 0 unspecified atom stereocenters. The fraction of sp³-hybridized carbons (Fsp3) is 0.600. The van der Waals surface area contributed by atoms with Gasteiger partial charge in [0.25, 0.3) is 0 Å². The summed E-state index contributed by atoms with van der Waals surface area (Å²) in [6.07, 6.45) is 3.16. The van der Waals surface area contributed by atoms with Crippen LogP contribution in [0.1, 0.15) is 13.8 Å². The molecule has 46 valence electrons. The van der Waals surface area contributed by atoms with Crippen molar-refractivity contribution in [1.29, 1.82) is 0 Å². The van der Waals surface area contributed by atoms with Crippen LogP contribution in [-0.2, 0) is 0 Å². The molecule has 8 heavy (non-hydrogen) atoms. The minimum atomic E-state index is 0.843. The molecule has 0 aliphatic heterocycles. The fourth-order valence-corrected chi connectivity index (χ4v) is 0.232. The summed E-state index contributed by atoms with van der Waals surface area (Å²) < 4.78 is 0. The van der Waals surface area contributed by atoms with Crippen LogP contribution >= 0.6 is 0 Å². The maximum Gasteiger partial charge on any atom is 0.134 e. The molecule has 0 spiro atoms. The second-order valence-electron chi connectivity index (χ2n) is 1.16. The Kier molecular flexibility index (Phi) is 5.48. The Morgan fingerprint density at radius 2 is 2.38 bits per heavy atom. The van der Waals surface area contributed by atoms with Gasteiger partial charge in [0.1, 0.15) is 6.34 Å². The van der Waals surface area contributed by atoms with Gasteiger partial charge < -0.3 is 5.43 Å². The zero-order valence-electron chi connectivity index (χ0n) is 5.26. The van der Waals surface area contributed by atoms with Gasteiger partial charge in [0.15, 0.2) is 0 Å². The van der Waals surface area contributed by atoms with Crippen LogP contribution in [0.25, 0.3) is 0 Å². The van der Waals surface area contributed by atoms with Crippen molar-refractivity contribution in [2.24, 2.45) is 10.1 Å². The van der Waals surface area contributed by atoms with Crippen molar-refractivity contribution in [2.75, 3.05) is 6.54 Å². The molecule has 0 aromatic rings. The summed E-state index contributed by atoms with van der Waals surface area (Å²) >= 11 is 0. The minimum absolute atomic E-state index is 0.843. The van der Waals surface area contributed by atoms with Crippen LogP contribution in [0.2, 0.25) is 0 Å². The molecule has 0 aliphatic carbocycles. The zero-order valence-corrected chi connectivity index (χ0v) is 5.26. The predicted octanol–water partition coefficient (Wildman–Crippen LogP) is 0.630. The summed E-state index contributed by atoms with van der Waals surface area (Å²) in [6.45, 7) is 4.67. The molecule has 0 rings (SSSR count). The predicted molar refractivity (Wildman–Crippen MR) is 36.3 cm³/mol. The normalized spacial score (nSPS) is 11.2. The van der Waals surface area contributed by atoms with Crippen LogP contribution in [0.4, 0.5) is 0 Å². The maximum atomic E-state index is 3.73. The van der Waals surface area contributed by atoms with E-state index in [1.54, 1.807) is 6.21 Å². The Balaban J connectivity index is 3.07. The summed E-state index contributed by atoms with van der Waals surface area (Å²) in [5, 5.41) is 3.71. The Labute approximate surface area is 49.5 Å². The second-order valence-corrected chi connectivity index (χ2v) is 1.16. The van der Waals surface area contributed by atoms with Crippen molar-refractivity contribution in [3.63, 3.8) is 0 Å². The highest BCUT2D eigenvalue weighted by molar-refractivity contribution is 5.70. The van der Waals surface area contributed by atoms with Crippen LogP contribution in [0.5, 0.6) is 0 Å². The molecule has 3 nitrogen and oxygen atoms in total. The molecule has 3 heteroatoms. The molecular formula is C5H11N3. The zero-order chi connectivity index (χ0) is 6.24. The Bertz CT molecular complexity index is 85.7. The molecule has 0 amide bonds. The van der Waals surface area contributed by atoms with E-state index in [1.165, 1.54) is 6.34 Å². The van der Waals surface area contributed by atoms with Gasteiger partial charge in [-0.1, -0.05) is 0 Å².